The number of carbonyl (C=O) groups is 3. The highest BCUT2D eigenvalue weighted by Crippen LogP contribution is 2.56. The van der Waals surface area contributed by atoms with E-state index in [2.05, 4.69) is 9.84 Å². The van der Waals surface area contributed by atoms with Crippen molar-refractivity contribution in [1.82, 2.24) is 10.2 Å². The number of nitrogens with zero attached hydrogens (tertiary/aromatic N) is 2. The van der Waals surface area contributed by atoms with Crippen LogP contribution in [-0.2, 0) is 32.7 Å². The second kappa shape index (κ2) is 10.7. The molecule has 0 aromatic heterocycles. The lowest BCUT2D eigenvalue weighted by Crippen LogP contribution is -2.41. The van der Waals surface area contributed by atoms with Crippen molar-refractivity contribution in [2.24, 2.45) is 11.8 Å². The van der Waals surface area contributed by atoms with Gasteiger partial charge in [0.2, 0.25) is 17.7 Å². The molecule has 2 N–H and O–H groups in total. The first kappa shape index (κ1) is 26.5. The third kappa shape index (κ3) is 5.75. The SMILES string of the molecule is C[C@]12C=C[C@](C)(O1)[C@@H]1C(=O)N(CCC(=O)NCCCCCCOP(=O)(O)OCCC#N)C(=O)[C@@H]12. The van der Waals surface area contributed by atoms with E-state index < -0.39 is 30.9 Å². The number of phosphoric ester groups is 1. The molecule has 0 radical (unpaired) electrons. The van der Waals surface area contributed by atoms with Gasteiger partial charge in [-0.3, -0.25) is 28.3 Å². The molecule has 1 unspecified atom stereocenters. The number of imide groups is 1. The average Bonchev–Trinajstić information content (AvgIpc) is 3.31. The Morgan fingerprint density at radius 2 is 1.74 bits per heavy atom. The summed E-state index contributed by atoms with van der Waals surface area (Å²) in [6.07, 6.45) is 6.56. The standard InChI is InChI=1S/C22H32N3O8P/c1-21-9-10-22(2,33-21)18-17(21)19(27)25(20(18)28)13-8-16(26)24-12-5-3-4-6-14-31-34(29,30)32-15-7-11-23/h9-10,17-18H,3-8,12-15H2,1-2H3,(H,24,26)(H,29,30)/t17-,18+,21-,22+. The molecule has 0 aromatic carbocycles. The van der Waals surface area contributed by atoms with Gasteiger partial charge in [-0.05, 0) is 26.7 Å². The lowest BCUT2D eigenvalue weighted by Gasteiger charge is -2.25. The summed E-state index contributed by atoms with van der Waals surface area (Å²) in [5.41, 5.74) is -1.54. The fourth-order valence-corrected chi connectivity index (χ4v) is 5.60. The van der Waals surface area contributed by atoms with Crippen LogP contribution in [0.3, 0.4) is 0 Å². The molecule has 3 aliphatic heterocycles. The molecule has 2 saturated heterocycles. The molecule has 3 aliphatic rings. The van der Waals surface area contributed by atoms with Crippen molar-refractivity contribution in [1.29, 1.82) is 5.26 Å². The molecule has 0 saturated carbocycles. The number of hydrogen-bond donors (Lipinski definition) is 2. The lowest BCUT2D eigenvalue weighted by atomic mass is 9.73. The maximum absolute atomic E-state index is 12.9. The third-order valence-electron chi connectivity index (χ3n) is 6.50. The van der Waals surface area contributed by atoms with Crippen LogP contribution in [0, 0.1) is 23.2 Å². The number of nitrogens with one attached hydrogen (secondary N) is 1. The van der Waals surface area contributed by atoms with Crippen molar-refractivity contribution < 1.29 is 37.6 Å². The molecule has 34 heavy (non-hydrogen) atoms. The number of amides is 3. The Labute approximate surface area is 199 Å². The molecule has 0 aliphatic carbocycles. The van der Waals surface area contributed by atoms with Crippen molar-refractivity contribution in [3.63, 3.8) is 0 Å². The van der Waals surface area contributed by atoms with E-state index >= 15 is 0 Å². The van der Waals surface area contributed by atoms with E-state index in [1.165, 1.54) is 4.90 Å². The van der Waals surface area contributed by atoms with Gasteiger partial charge in [-0.1, -0.05) is 25.0 Å². The molecule has 2 fully saturated rings. The van der Waals surface area contributed by atoms with Crippen LogP contribution >= 0.6 is 7.82 Å². The van der Waals surface area contributed by atoms with Crippen molar-refractivity contribution in [3.05, 3.63) is 12.2 Å². The van der Waals surface area contributed by atoms with Crippen LogP contribution in [0.1, 0.15) is 52.4 Å². The molecule has 11 nitrogen and oxygen atoms in total. The Morgan fingerprint density at radius 3 is 2.35 bits per heavy atom. The van der Waals surface area contributed by atoms with Gasteiger partial charge < -0.3 is 14.9 Å². The van der Waals surface area contributed by atoms with E-state index in [0.717, 1.165) is 12.8 Å². The summed E-state index contributed by atoms with van der Waals surface area (Å²) >= 11 is 0. The first-order valence-corrected chi connectivity index (χ1v) is 13.0. The summed E-state index contributed by atoms with van der Waals surface area (Å²) in [4.78, 5) is 48.5. The van der Waals surface area contributed by atoms with Crippen molar-refractivity contribution >= 4 is 25.5 Å². The average molecular weight is 497 g/mol. The fraction of sp³-hybridized carbons (Fsp3) is 0.727. The number of likely N-dealkylation sites (tertiary alicyclic amines) is 1. The first-order valence-electron chi connectivity index (χ1n) is 11.5. The van der Waals surface area contributed by atoms with Gasteiger partial charge in [0, 0.05) is 19.5 Å². The van der Waals surface area contributed by atoms with Crippen molar-refractivity contribution in [3.8, 4) is 6.07 Å². The molecule has 3 rings (SSSR count). The topological polar surface area (TPSA) is 155 Å². The van der Waals surface area contributed by atoms with Gasteiger partial charge in [0.1, 0.15) is 0 Å². The number of nitriles is 1. The number of unbranched alkanes of at least 4 members (excludes halogenated alkanes) is 3. The zero-order valence-corrected chi connectivity index (χ0v) is 20.4. The van der Waals surface area contributed by atoms with Gasteiger partial charge in [-0.25, -0.2) is 4.57 Å². The highest BCUT2D eigenvalue weighted by atomic mass is 31.2. The number of rotatable bonds is 14. The Hall–Kier alpha value is -2.09. The molecule has 2 bridgehead atoms. The summed E-state index contributed by atoms with van der Waals surface area (Å²) in [6.45, 7) is 4.05. The van der Waals surface area contributed by atoms with Gasteiger partial charge in [0.25, 0.3) is 0 Å². The van der Waals surface area contributed by atoms with Gasteiger partial charge >= 0.3 is 7.82 Å². The second-order valence-corrected chi connectivity index (χ2v) is 10.6. The Kier molecular flexibility index (Phi) is 8.32. The predicted molar refractivity (Wildman–Crippen MR) is 119 cm³/mol. The number of phosphoric acid groups is 1. The molecular formula is C22H32N3O8P. The van der Waals surface area contributed by atoms with E-state index in [9.17, 15) is 23.8 Å². The molecule has 0 aromatic rings. The smallest absolute Gasteiger partial charge is 0.359 e. The predicted octanol–water partition coefficient (Wildman–Crippen LogP) is 1.82. The quantitative estimate of drug-likeness (QED) is 0.158. The van der Waals surface area contributed by atoms with Crippen LogP contribution in [0.4, 0.5) is 0 Å². The monoisotopic (exact) mass is 497 g/mol. The van der Waals surface area contributed by atoms with Crippen LogP contribution in [-0.4, -0.2) is 65.0 Å². The van der Waals surface area contributed by atoms with Gasteiger partial charge in [0.05, 0.1) is 48.7 Å². The molecule has 0 spiro atoms. The van der Waals surface area contributed by atoms with Gasteiger partial charge in [0.15, 0.2) is 0 Å². The molecule has 5 atom stereocenters. The maximum atomic E-state index is 12.9. The highest BCUT2D eigenvalue weighted by Gasteiger charge is 2.70. The largest absolute Gasteiger partial charge is 0.472 e. The van der Waals surface area contributed by atoms with Crippen LogP contribution in [0.25, 0.3) is 0 Å². The molecule has 188 valence electrons. The minimum atomic E-state index is -4.11. The summed E-state index contributed by atoms with van der Waals surface area (Å²) in [6, 6.07) is 1.80. The van der Waals surface area contributed by atoms with Gasteiger partial charge in [-0.2, -0.15) is 5.26 Å². The van der Waals surface area contributed by atoms with E-state index in [1.807, 2.05) is 26.0 Å². The number of fused-ring (bicyclic) bond motifs is 5. The fourth-order valence-electron chi connectivity index (χ4n) is 4.84. The zero-order chi connectivity index (χ0) is 25.0. The Morgan fingerprint density at radius 1 is 1.15 bits per heavy atom. The maximum Gasteiger partial charge on any atom is 0.472 e. The van der Waals surface area contributed by atoms with E-state index in [0.29, 0.717) is 19.4 Å². The van der Waals surface area contributed by atoms with Crippen LogP contribution in [0.2, 0.25) is 0 Å². The number of hydrogen-bond acceptors (Lipinski definition) is 8. The minimum absolute atomic E-state index is 0.0105. The molecule has 3 amide bonds. The van der Waals surface area contributed by atoms with Crippen LogP contribution < -0.4 is 5.32 Å². The van der Waals surface area contributed by atoms with Crippen molar-refractivity contribution in [2.45, 2.75) is 63.6 Å². The van der Waals surface area contributed by atoms with E-state index in [4.69, 9.17) is 14.5 Å². The molecule has 12 heteroatoms. The number of carbonyl (C=O) groups excluding carboxylic acids is 3. The van der Waals surface area contributed by atoms with E-state index in [-0.39, 0.29) is 50.3 Å². The third-order valence-corrected chi connectivity index (χ3v) is 7.51. The summed E-state index contributed by atoms with van der Waals surface area (Å²) in [7, 11) is -4.11. The summed E-state index contributed by atoms with van der Waals surface area (Å²) in [5.74, 6) is -1.85. The first-order chi connectivity index (χ1) is 16.0. The van der Waals surface area contributed by atoms with E-state index in [1.54, 1.807) is 6.07 Å². The number of ether oxygens (including phenoxy) is 1. The summed E-state index contributed by atoms with van der Waals surface area (Å²) in [5, 5.41) is 11.2. The molecular weight excluding hydrogens is 465 g/mol. The highest BCUT2D eigenvalue weighted by molar-refractivity contribution is 7.47. The molecule has 3 heterocycles. The minimum Gasteiger partial charge on any atom is -0.359 e. The van der Waals surface area contributed by atoms with Gasteiger partial charge in [-0.15, -0.1) is 0 Å². The lowest BCUT2D eigenvalue weighted by molar-refractivity contribution is -0.146. The van der Waals surface area contributed by atoms with Crippen LogP contribution in [0.15, 0.2) is 12.2 Å². The summed E-state index contributed by atoms with van der Waals surface area (Å²) < 4.78 is 26.9. The Balaban J connectivity index is 1.27. The van der Waals surface area contributed by atoms with Crippen molar-refractivity contribution in [2.75, 3.05) is 26.3 Å². The van der Waals surface area contributed by atoms with Crippen LogP contribution in [0.5, 0.6) is 0 Å². The second-order valence-electron chi connectivity index (χ2n) is 9.14. The Bertz CT molecular complexity index is 898. The zero-order valence-electron chi connectivity index (χ0n) is 19.5. The normalized spacial score (nSPS) is 30.9.